The largest absolute Gasteiger partial charge is 0.455 e. The van der Waals surface area contributed by atoms with Crippen LogP contribution in [-0.2, 0) is 22.5 Å². The van der Waals surface area contributed by atoms with Gasteiger partial charge >= 0.3 is 0 Å². The highest BCUT2D eigenvalue weighted by molar-refractivity contribution is 7.80. The molecule has 5 heterocycles. The number of nitrogens with zero attached hydrogens (tertiary/aromatic N) is 4. The molecule has 2 saturated heterocycles. The first-order valence-electron chi connectivity index (χ1n) is 20.5. The SMILES string of the molecule is CC(C)C(=O)N1CCc2ccc(Cl)cc2C1.CN1CCN(c2ccc(C(N)=O)c(Oc3cnc4[nH]ccc4c3)c2)CC1.CO.[OH2+]Nc1cc(S)ccc1NCC1CCOCC1. The summed E-state index contributed by atoms with van der Waals surface area (Å²) in [5.74, 6) is 1.46. The first kappa shape index (κ1) is 47.0. The van der Waals surface area contributed by atoms with Gasteiger partial charge in [0.2, 0.25) is 5.91 Å². The molecule has 0 atom stereocenters. The van der Waals surface area contributed by atoms with Crippen molar-refractivity contribution in [1.29, 1.82) is 0 Å². The second-order valence-corrected chi connectivity index (χ2v) is 16.3. The molecule has 0 spiro atoms. The summed E-state index contributed by atoms with van der Waals surface area (Å²) >= 11 is 10.2. The highest BCUT2D eigenvalue weighted by atomic mass is 35.5. The number of fused-ring (bicyclic) bond motifs is 2. The smallest absolute Gasteiger partial charge is 0.252 e. The van der Waals surface area contributed by atoms with Crippen LogP contribution in [0, 0.1) is 11.8 Å². The van der Waals surface area contributed by atoms with Crippen molar-refractivity contribution in [3.05, 3.63) is 101 Å². The normalized spacial score (nSPS) is 15.3. The summed E-state index contributed by atoms with van der Waals surface area (Å²) in [6.07, 6.45) is 6.62. The lowest BCUT2D eigenvalue weighted by Gasteiger charge is -2.34. The highest BCUT2D eigenvalue weighted by Gasteiger charge is 2.23. The van der Waals surface area contributed by atoms with E-state index in [0.29, 0.717) is 29.5 Å². The van der Waals surface area contributed by atoms with Crippen LogP contribution in [0.3, 0.4) is 0 Å². The molecule has 16 heteroatoms. The van der Waals surface area contributed by atoms with E-state index in [1.807, 2.05) is 79.5 Å². The molecule has 0 aliphatic carbocycles. The number of carbonyl (C=O) groups is 2. The van der Waals surface area contributed by atoms with Crippen molar-refractivity contribution < 1.29 is 29.4 Å². The van der Waals surface area contributed by atoms with Crippen molar-refractivity contribution >= 4 is 64.1 Å². The van der Waals surface area contributed by atoms with Crippen LogP contribution >= 0.6 is 24.2 Å². The lowest BCUT2D eigenvalue weighted by atomic mass is 9.99. The van der Waals surface area contributed by atoms with Crippen LogP contribution in [0.5, 0.6) is 11.5 Å². The standard InChI is InChI=1S/C19H21N5O2.C13H16ClNO.C12H18N2O2S.CH4O/c1-23-6-8-24(9-7-23)14-2-3-16(18(20)25)17(11-14)26-15-10-13-4-5-21-19(13)22-12-15;1-9(2)13(16)15-6-5-10-3-4-12(14)7-11(10)8-15;15-14-12-7-10(17)1-2-11(12)13-8-9-3-5-16-6-4-9;1-2/h2-5,10-12H,6-9H2,1H3,(H2,20,25)(H,21,22);3-4,7,9H,5-6,8H2,1-2H3;1-2,7,9,13-15,17H,3-6,8H2;2H,1H3/p+1. The molecule has 3 aromatic carbocycles. The van der Waals surface area contributed by atoms with Gasteiger partial charge in [0.05, 0.1) is 17.4 Å². The summed E-state index contributed by atoms with van der Waals surface area (Å²) in [7, 11) is 3.12. The van der Waals surface area contributed by atoms with Crippen molar-refractivity contribution in [3.8, 4) is 11.5 Å². The highest BCUT2D eigenvalue weighted by Crippen LogP contribution is 2.32. The van der Waals surface area contributed by atoms with Crippen LogP contribution in [0.2, 0.25) is 5.02 Å². The number of hydrogen-bond donors (Lipinski definition) is 6. The molecule has 8 rings (SSSR count). The summed E-state index contributed by atoms with van der Waals surface area (Å²) in [6, 6.07) is 21.0. The second-order valence-electron chi connectivity index (χ2n) is 15.4. The topological polar surface area (TPSA) is 184 Å². The molecule has 328 valence electrons. The third kappa shape index (κ3) is 13.5. The maximum atomic E-state index is 11.9. The molecule has 8 N–H and O–H groups in total. The Hall–Kier alpha value is -5.03. The average Bonchev–Trinajstić information content (AvgIpc) is 3.75. The molecule has 2 fully saturated rings. The second kappa shape index (κ2) is 23.3. The minimum atomic E-state index is -0.513. The molecule has 0 unspecified atom stereocenters. The van der Waals surface area contributed by atoms with Crippen LogP contribution in [-0.4, -0.2) is 109 Å². The molecule has 0 bridgehead atoms. The van der Waals surface area contributed by atoms with E-state index in [0.717, 1.165) is 117 Å². The number of pyridine rings is 1. The average molecular weight is 877 g/mol. The van der Waals surface area contributed by atoms with Crippen molar-refractivity contribution in [3.63, 3.8) is 0 Å². The third-order valence-corrected chi connectivity index (χ3v) is 11.3. The zero-order valence-electron chi connectivity index (χ0n) is 35.4. The van der Waals surface area contributed by atoms with Gasteiger partial charge < -0.3 is 50.5 Å². The number of piperazine rings is 1. The maximum Gasteiger partial charge on any atom is 0.252 e. The molecular weight excluding hydrogens is 816 g/mol. The molecular formula is C45H60ClN8O6S+. The molecule has 3 aliphatic heterocycles. The molecule has 2 aromatic heterocycles. The number of anilines is 3. The fourth-order valence-corrected chi connectivity index (χ4v) is 7.63. The summed E-state index contributed by atoms with van der Waals surface area (Å²) < 4.78 is 11.3. The Balaban J connectivity index is 0.000000177. The number of thiol groups is 1. The van der Waals surface area contributed by atoms with Gasteiger partial charge in [-0.2, -0.15) is 5.48 Å². The van der Waals surface area contributed by atoms with E-state index < -0.39 is 5.91 Å². The first-order valence-corrected chi connectivity index (χ1v) is 21.4. The van der Waals surface area contributed by atoms with E-state index in [4.69, 9.17) is 37.1 Å². The van der Waals surface area contributed by atoms with Gasteiger partial charge in [0.25, 0.3) is 5.91 Å². The van der Waals surface area contributed by atoms with Crippen LogP contribution in [0.1, 0.15) is 48.2 Å². The van der Waals surface area contributed by atoms with E-state index in [1.165, 1.54) is 11.1 Å². The molecule has 14 nitrogen and oxygen atoms in total. The number of rotatable bonds is 9. The van der Waals surface area contributed by atoms with Gasteiger partial charge in [0.1, 0.15) is 22.8 Å². The monoisotopic (exact) mass is 875 g/mol. The number of aliphatic hydroxyl groups is 1. The Bertz CT molecular complexity index is 2190. The number of H-pyrrole nitrogens is 1. The van der Waals surface area contributed by atoms with Gasteiger partial charge in [-0.1, -0.05) is 31.5 Å². The van der Waals surface area contributed by atoms with Crippen molar-refractivity contribution in [1.82, 2.24) is 19.8 Å². The Morgan fingerprint density at radius 2 is 1.75 bits per heavy atom. The fraction of sp³-hybridized carbons (Fsp3) is 0.400. The van der Waals surface area contributed by atoms with Crippen molar-refractivity contribution in [2.75, 3.05) is 82.3 Å². The molecule has 0 radical (unpaired) electrons. The Morgan fingerprint density at radius 1 is 1.00 bits per heavy atom. The predicted molar refractivity (Wildman–Crippen MR) is 247 cm³/mol. The lowest BCUT2D eigenvalue weighted by molar-refractivity contribution is -0.135. The number of primary amides is 1. The summed E-state index contributed by atoms with van der Waals surface area (Å²) in [5.41, 5.74) is 14.4. The van der Waals surface area contributed by atoms with Crippen LogP contribution in [0.15, 0.2) is 84.0 Å². The number of amides is 2. The van der Waals surface area contributed by atoms with E-state index in [9.17, 15) is 9.59 Å². The van der Waals surface area contributed by atoms with Gasteiger partial charge in [-0.3, -0.25) is 9.59 Å². The zero-order chi connectivity index (χ0) is 43.9. The van der Waals surface area contributed by atoms with E-state index >= 15 is 0 Å². The molecule has 5 aromatic rings. The summed E-state index contributed by atoms with van der Waals surface area (Å²) in [6.45, 7) is 11.9. The van der Waals surface area contributed by atoms with Gasteiger partial charge in [0.15, 0.2) is 0 Å². The van der Waals surface area contributed by atoms with Gasteiger partial charge in [-0.25, -0.2) is 4.98 Å². The number of likely N-dealkylation sites (N-methyl/N-ethyl adjacent to an activating group) is 1. The number of nitrogens with one attached hydrogen (secondary N) is 3. The number of ether oxygens (including phenoxy) is 2. The van der Waals surface area contributed by atoms with Crippen molar-refractivity contribution in [2.24, 2.45) is 17.6 Å². The van der Waals surface area contributed by atoms with Gasteiger partial charge in [-0.15, -0.1) is 12.6 Å². The fourth-order valence-electron chi connectivity index (χ4n) is 7.24. The van der Waals surface area contributed by atoms with E-state index in [1.54, 1.807) is 12.3 Å². The summed E-state index contributed by atoms with van der Waals surface area (Å²) in [5, 5.41) is 19.3. The number of hydrogen-bond acceptors (Lipinski definition) is 11. The van der Waals surface area contributed by atoms with Crippen LogP contribution in [0.25, 0.3) is 11.0 Å². The molecule has 61 heavy (non-hydrogen) atoms. The number of halogens is 1. The molecule has 2 amide bonds. The quantitative estimate of drug-likeness (QED) is 0.0539. The number of carbonyl (C=O) groups excluding carboxylic acids is 2. The minimum absolute atomic E-state index is 0.0701. The first-order chi connectivity index (χ1) is 29.5. The van der Waals surface area contributed by atoms with Crippen LogP contribution < -0.4 is 26.2 Å². The lowest BCUT2D eigenvalue weighted by Crippen LogP contribution is -2.44. The number of aliphatic hydroxyl groups excluding tert-OH is 1. The Morgan fingerprint density at radius 3 is 2.46 bits per heavy atom. The van der Waals surface area contributed by atoms with Gasteiger partial charge in [-0.05, 0) is 98.0 Å². The van der Waals surface area contributed by atoms with Crippen LogP contribution in [0.4, 0.5) is 17.1 Å². The number of benzene rings is 3. The van der Waals surface area contributed by atoms with E-state index in [2.05, 4.69) is 56.3 Å². The minimum Gasteiger partial charge on any atom is -0.455 e. The number of nitrogens with two attached hydrogens (primary N) is 1. The predicted octanol–water partition coefficient (Wildman–Crippen LogP) is 6.56. The molecule has 0 saturated carbocycles. The summed E-state index contributed by atoms with van der Waals surface area (Å²) in [4.78, 5) is 38.4. The molecule has 3 aliphatic rings. The maximum absolute atomic E-state index is 11.9. The zero-order valence-corrected chi connectivity index (χ0v) is 37.1. The number of aromatic amines is 1. The van der Waals surface area contributed by atoms with Crippen molar-refractivity contribution in [2.45, 2.75) is 44.6 Å². The number of aromatic nitrogens is 2. The van der Waals surface area contributed by atoms with E-state index in [-0.39, 0.29) is 11.8 Å². The Kier molecular flexibility index (Phi) is 17.9. The Labute approximate surface area is 368 Å². The van der Waals surface area contributed by atoms with Gasteiger partial charge in [0, 0.05) is 105 Å². The third-order valence-electron chi connectivity index (χ3n) is 10.7.